The molecule has 8 nitrogen and oxygen atoms in total. The molecule has 9 heteroatoms. The first-order valence-electron chi connectivity index (χ1n) is 6.69. The van der Waals surface area contributed by atoms with E-state index in [0.717, 1.165) is 4.88 Å². The van der Waals surface area contributed by atoms with Gasteiger partial charge in [-0.25, -0.2) is 9.48 Å². The van der Waals surface area contributed by atoms with Crippen molar-refractivity contribution in [2.24, 2.45) is 0 Å². The SMILES string of the molecule is O=C(O)[C@H]1COCCN1C(=O)c1cn(Cc2cccs2)nn1. The van der Waals surface area contributed by atoms with E-state index in [1.807, 2.05) is 17.5 Å². The van der Waals surface area contributed by atoms with E-state index in [4.69, 9.17) is 9.84 Å². The zero-order valence-electron chi connectivity index (χ0n) is 11.6. The number of amides is 1. The van der Waals surface area contributed by atoms with Gasteiger partial charge in [-0.1, -0.05) is 11.3 Å². The highest BCUT2D eigenvalue weighted by atomic mass is 32.1. The molecule has 2 aromatic rings. The fourth-order valence-electron chi connectivity index (χ4n) is 2.23. The maximum atomic E-state index is 12.4. The lowest BCUT2D eigenvalue weighted by atomic mass is 10.2. The maximum Gasteiger partial charge on any atom is 0.328 e. The molecule has 1 fully saturated rings. The van der Waals surface area contributed by atoms with Gasteiger partial charge in [0.2, 0.25) is 0 Å². The topological polar surface area (TPSA) is 97.6 Å². The van der Waals surface area contributed by atoms with Crippen LogP contribution in [0, 0.1) is 0 Å². The fraction of sp³-hybridized carbons (Fsp3) is 0.385. The zero-order chi connectivity index (χ0) is 15.5. The Bertz CT molecular complexity index is 669. The number of carboxylic acids is 1. The van der Waals surface area contributed by atoms with Gasteiger partial charge in [0.15, 0.2) is 11.7 Å². The summed E-state index contributed by atoms with van der Waals surface area (Å²) in [4.78, 5) is 26.0. The number of hydrogen-bond donors (Lipinski definition) is 1. The van der Waals surface area contributed by atoms with Crippen LogP contribution >= 0.6 is 11.3 Å². The summed E-state index contributed by atoms with van der Waals surface area (Å²) >= 11 is 1.59. The minimum Gasteiger partial charge on any atom is -0.480 e. The Morgan fingerprint density at radius 3 is 3.09 bits per heavy atom. The van der Waals surface area contributed by atoms with Crippen molar-refractivity contribution in [2.45, 2.75) is 12.6 Å². The number of aromatic nitrogens is 3. The number of nitrogens with zero attached hydrogens (tertiary/aromatic N) is 4. The van der Waals surface area contributed by atoms with Gasteiger partial charge < -0.3 is 14.7 Å². The molecule has 0 aromatic carbocycles. The van der Waals surface area contributed by atoms with E-state index in [-0.39, 0.29) is 18.8 Å². The summed E-state index contributed by atoms with van der Waals surface area (Å²) in [5.74, 6) is -1.52. The van der Waals surface area contributed by atoms with Crippen molar-refractivity contribution in [2.75, 3.05) is 19.8 Å². The van der Waals surface area contributed by atoms with Gasteiger partial charge in [0.25, 0.3) is 5.91 Å². The molecule has 1 N–H and O–H groups in total. The van der Waals surface area contributed by atoms with Gasteiger partial charge in [0.1, 0.15) is 0 Å². The quantitative estimate of drug-likeness (QED) is 0.870. The molecule has 0 radical (unpaired) electrons. The van der Waals surface area contributed by atoms with E-state index in [2.05, 4.69) is 10.3 Å². The van der Waals surface area contributed by atoms with Gasteiger partial charge in [0.05, 0.1) is 26.0 Å². The van der Waals surface area contributed by atoms with Crippen LogP contribution in [0.15, 0.2) is 23.7 Å². The Morgan fingerprint density at radius 1 is 1.50 bits per heavy atom. The second kappa shape index (κ2) is 6.24. The summed E-state index contributed by atoms with van der Waals surface area (Å²) in [5, 5.41) is 18.9. The van der Waals surface area contributed by atoms with Crippen molar-refractivity contribution in [3.8, 4) is 0 Å². The van der Waals surface area contributed by atoms with Crippen LogP contribution in [0.2, 0.25) is 0 Å². The molecule has 1 aliphatic heterocycles. The Labute approximate surface area is 129 Å². The molecule has 0 saturated carbocycles. The molecule has 0 unspecified atom stereocenters. The molecule has 0 aliphatic carbocycles. The Balaban J connectivity index is 1.74. The first-order valence-corrected chi connectivity index (χ1v) is 7.57. The average Bonchev–Trinajstić information content (AvgIpc) is 3.19. The summed E-state index contributed by atoms with van der Waals surface area (Å²) in [6, 6.07) is 2.92. The van der Waals surface area contributed by atoms with E-state index in [1.54, 1.807) is 16.0 Å². The number of carboxylic acid groups (broad SMARTS) is 1. The van der Waals surface area contributed by atoms with Gasteiger partial charge >= 0.3 is 5.97 Å². The summed E-state index contributed by atoms with van der Waals surface area (Å²) in [6.07, 6.45) is 1.54. The molecule has 22 heavy (non-hydrogen) atoms. The third kappa shape index (κ3) is 3.00. The lowest BCUT2D eigenvalue weighted by Crippen LogP contribution is -2.52. The fourth-order valence-corrected chi connectivity index (χ4v) is 2.93. The summed E-state index contributed by atoms with van der Waals surface area (Å²) in [5.41, 5.74) is 0.143. The van der Waals surface area contributed by atoms with E-state index in [1.165, 1.54) is 11.1 Å². The van der Waals surface area contributed by atoms with Crippen LogP contribution in [0.3, 0.4) is 0 Å². The standard InChI is InChI=1S/C13H14N4O4S/c18-12(17-3-4-21-8-11(17)13(19)20)10-7-16(15-14-10)6-9-2-1-5-22-9/h1-2,5,7,11H,3-4,6,8H2,(H,19,20)/t11-/m1/s1. The number of carbonyl (C=O) groups excluding carboxylic acids is 1. The van der Waals surface area contributed by atoms with Crippen molar-refractivity contribution in [1.29, 1.82) is 0 Å². The molecular formula is C13H14N4O4S. The molecule has 1 atom stereocenters. The van der Waals surface area contributed by atoms with Crippen molar-refractivity contribution in [1.82, 2.24) is 19.9 Å². The number of ether oxygens (including phenoxy) is 1. The van der Waals surface area contributed by atoms with E-state index >= 15 is 0 Å². The van der Waals surface area contributed by atoms with Crippen LogP contribution in [-0.4, -0.2) is 62.7 Å². The molecule has 0 bridgehead atoms. The average molecular weight is 322 g/mol. The monoisotopic (exact) mass is 322 g/mol. The summed E-state index contributed by atoms with van der Waals surface area (Å²) < 4.78 is 6.69. The van der Waals surface area contributed by atoms with Crippen molar-refractivity contribution < 1.29 is 19.4 Å². The lowest BCUT2D eigenvalue weighted by Gasteiger charge is -2.32. The van der Waals surface area contributed by atoms with E-state index in [0.29, 0.717) is 13.2 Å². The largest absolute Gasteiger partial charge is 0.480 e. The van der Waals surface area contributed by atoms with Crippen molar-refractivity contribution in [3.63, 3.8) is 0 Å². The number of thiophene rings is 1. The van der Waals surface area contributed by atoms with Crippen LogP contribution < -0.4 is 0 Å². The second-order valence-corrected chi connectivity index (χ2v) is 5.84. The van der Waals surface area contributed by atoms with Crippen molar-refractivity contribution >= 4 is 23.2 Å². The van der Waals surface area contributed by atoms with Crippen LogP contribution in [0.25, 0.3) is 0 Å². The first kappa shape index (κ1) is 14.7. The predicted molar refractivity (Wildman–Crippen MR) is 76.7 cm³/mol. The van der Waals surface area contributed by atoms with Gasteiger partial charge in [0, 0.05) is 11.4 Å². The Hall–Kier alpha value is -2.26. The number of hydrogen-bond acceptors (Lipinski definition) is 6. The molecule has 0 spiro atoms. The highest BCUT2D eigenvalue weighted by molar-refractivity contribution is 7.09. The van der Waals surface area contributed by atoms with Crippen LogP contribution in [-0.2, 0) is 16.1 Å². The highest BCUT2D eigenvalue weighted by Crippen LogP contribution is 2.13. The molecule has 1 amide bonds. The highest BCUT2D eigenvalue weighted by Gasteiger charge is 2.34. The van der Waals surface area contributed by atoms with Gasteiger partial charge in [-0.2, -0.15) is 0 Å². The third-order valence-electron chi connectivity index (χ3n) is 3.33. The molecule has 116 valence electrons. The Morgan fingerprint density at radius 2 is 2.36 bits per heavy atom. The number of carbonyl (C=O) groups is 2. The predicted octanol–water partition coefficient (Wildman–Crippen LogP) is 0.313. The van der Waals surface area contributed by atoms with Crippen LogP contribution in [0.1, 0.15) is 15.4 Å². The number of morpholine rings is 1. The first-order chi connectivity index (χ1) is 10.6. The molecule has 1 saturated heterocycles. The molecule has 3 rings (SSSR count). The lowest BCUT2D eigenvalue weighted by molar-refractivity contribution is -0.147. The van der Waals surface area contributed by atoms with Gasteiger partial charge in [-0.05, 0) is 11.4 Å². The Kier molecular flexibility index (Phi) is 4.16. The van der Waals surface area contributed by atoms with Crippen LogP contribution in [0.5, 0.6) is 0 Å². The molecular weight excluding hydrogens is 308 g/mol. The second-order valence-electron chi connectivity index (χ2n) is 4.81. The minimum absolute atomic E-state index is 0.00952. The molecule has 3 heterocycles. The summed E-state index contributed by atoms with van der Waals surface area (Å²) in [6.45, 7) is 1.07. The smallest absolute Gasteiger partial charge is 0.328 e. The van der Waals surface area contributed by atoms with Gasteiger partial charge in [-0.3, -0.25) is 4.79 Å². The van der Waals surface area contributed by atoms with Crippen molar-refractivity contribution in [3.05, 3.63) is 34.3 Å². The number of aliphatic carboxylic acids is 1. The summed E-state index contributed by atoms with van der Waals surface area (Å²) in [7, 11) is 0. The zero-order valence-corrected chi connectivity index (χ0v) is 12.4. The molecule has 2 aromatic heterocycles. The molecule has 1 aliphatic rings. The van der Waals surface area contributed by atoms with E-state index < -0.39 is 17.9 Å². The number of rotatable bonds is 4. The maximum absolute atomic E-state index is 12.4. The normalized spacial score (nSPS) is 18.4. The minimum atomic E-state index is -1.08. The third-order valence-corrected chi connectivity index (χ3v) is 4.19. The van der Waals surface area contributed by atoms with Gasteiger partial charge in [-0.15, -0.1) is 16.4 Å². The van der Waals surface area contributed by atoms with Crippen LogP contribution in [0.4, 0.5) is 0 Å². The van der Waals surface area contributed by atoms with E-state index in [9.17, 15) is 9.59 Å².